The summed E-state index contributed by atoms with van der Waals surface area (Å²) in [5.74, 6) is -1.03. The van der Waals surface area contributed by atoms with Gasteiger partial charge >= 0.3 is 12.0 Å². The number of aryl methyl sites for hydroxylation is 1. The fourth-order valence-electron chi connectivity index (χ4n) is 1.72. The van der Waals surface area contributed by atoms with Crippen LogP contribution in [0.25, 0.3) is 0 Å². The van der Waals surface area contributed by atoms with Gasteiger partial charge in [-0.25, -0.2) is 9.59 Å². The monoisotopic (exact) mass is 275 g/mol. The highest BCUT2D eigenvalue weighted by atomic mass is 16.4. The molecule has 0 aliphatic carbocycles. The maximum Gasteiger partial charge on any atom is 0.336 e. The minimum atomic E-state index is -1.03. The van der Waals surface area contributed by atoms with E-state index >= 15 is 0 Å². The number of nitrogens with one attached hydrogen (secondary N) is 1. The van der Waals surface area contributed by atoms with E-state index in [1.807, 2.05) is 13.0 Å². The third kappa shape index (κ3) is 3.99. The molecule has 0 aliphatic heterocycles. The molecule has 1 rings (SSSR count). The lowest BCUT2D eigenvalue weighted by Crippen LogP contribution is -2.35. The van der Waals surface area contributed by atoms with Crippen LogP contribution in [0.1, 0.15) is 29.3 Å². The van der Waals surface area contributed by atoms with Crippen molar-refractivity contribution >= 4 is 17.7 Å². The van der Waals surface area contributed by atoms with Gasteiger partial charge in [0.2, 0.25) is 0 Å². The van der Waals surface area contributed by atoms with E-state index in [0.29, 0.717) is 24.3 Å². The zero-order valence-corrected chi connectivity index (χ0v) is 11.5. The molecule has 106 valence electrons. The van der Waals surface area contributed by atoms with E-state index in [0.717, 1.165) is 0 Å². The van der Waals surface area contributed by atoms with Gasteiger partial charge in [0.1, 0.15) is 0 Å². The fourth-order valence-corrected chi connectivity index (χ4v) is 1.72. The number of rotatable bonds is 5. The number of urea groups is 1. The number of carboxylic acid groups (broad SMARTS) is 1. The molecule has 0 aromatic heterocycles. The summed E-state index contributed by atoms with van der Waals surface area (Å²) in [4.78, 5) is 24.5. The lowest BCUT2D eigenvalue weighted by atomic mass is 10.1. The van der Waals surface area contributed by atoms with E-state index in [4.69, 9.17) is 10.4 Å². The first-order valence-electron chi connectivity index (χ1n) is 6.26. The highest BCUT2D eigenvalue weighted by Crippen LogP contribution is 2.16. The van der Waals surface area contributed by atoms with Crippen LogP contribution in [-0.2, 0) is 0 Å². The van der Waals surface area contributed by atoms with Gasteiger partial charge in [0.05, 0.1) is 18.1 Å². The van der Waals surface area contributed by atoms with Crippen molar-refractivity contribution in [2.45, 2.75) is 20.3 Å². The van der Waals surface area contributed by atoms with Crippen LogP contribution >= 0.6 is 0 Å². The minimum Gasteiger partial charge on any atom is -0.478 e. The van der Waals surface area contributed by atoms with E-state index in [-0.39, 0.29) is 18.0 Å². The van der Waals surface area contributed by atoms with Crippen molar-refractivity contribution in [2.24, 2.45) is 0 Å². The van der Waals surface area contributed by atoms with Gasteiger partial charge < -0.3 is 15.3 Å². The number of nitrogens with zero attached hydrogens (tertiary/aromatic N) is 2. The summed E-state index contributed by atoms with van der Waals surface area (Å²) in [6.07, 6.45) is 0.259. The van der Waals surface area contributed by atoms with Crippen LogP contribution in [0.15, 0.2) is 18.2 Å². The van der Waals surface area contributed by atoms with E-state index in [1.54, 1.807) is 19.1 Å². The highest BCUT2D eigenvalue weighted by Gasteiger charge is 2.13. The van der Waals surface area contributed by atoms with Crippen molar-refractivity contribution in [3.05, 3.63) is 29.3 Å². The van der Waals surface area contributed by atoms with Gasteiger partial charge in [-0.15, -0.1) is 0 Å². The number of carbonyl (C=O) groups is 2. The number of hydrogen-bond acceptors (Lipinski definition) is 3. The highest BCUT2D eigenvalue weighted by molar-refractivity contribution is 5.94. The Labute approximate surface area is 117 Å². The molecule has 1 aromatic rings. The van der Waals surface area contributed by atoms with Crippen molar-refractivity contribution in [3.63, 3.8) is 0 Å². The molecule has 0 unspecified atom stereocenters. The molecule has 0 saturated heterocycles. The molecule has 20 heavy (non-hydrogen) atoms. The quantitative estimate of drug-likeness (QED) is 0.863. The normalized spacial score (nSPS) is 9.65. The van der Waals surface area contributed by atoms with Crippen LogP contribution in [0.5, 0.6) is 0 Å². The Morgan fingerprint density at radius 3 is 2.70 bits per heavy atom. The summed E-state index contributed by atoms with van der Waals surface area (Å²) in [6.45, 7) is 4.33. The molecule has 0 bridgehead atoms. The summed E-state index contributed by atoms with van der Waals surface area (Å²) in [5.41, 5.74) is 1.21. The SMILES string of the molecule is CCN(CCC#N)C(=O)Nc1ccc(C)c(C(=O)O)c1. The molecule has 0 saturated carbocycles. The van der Waals surface area contributed by atoms with Crippen molar-refractivity contribution < 1.29 is 14.7 Å². The second-order valence-electron chi connectivity index (χ2n) is 4.25. The zero-order chi connectivity index (χ0) is 15.1. The van der Waals surface area contributed by atoms with Gasteiger partial charge in [-0.2, -0.15) is 5.26 Å². The average molecular weight is 275 g/mol. The number of anilines is 1. The number of amides is 2. The van der Waals surface area contributed by atoms with Crippen LogP contribution in [-0.4, -0.2) is 35.1 Å². The molecule has 0 heterocycles. The van der Waals surface area contributed by atoms with Gasteiger partial charge in [0.25, 0.3) is 0 Å². The van der Waals surface area contributed by atoms with E-state index in [9.17, 15) is 9.59 Å². The second kappa shape index (κ2) is 7.14. The van der Waals surface area contributed by atoms with Gasteiger partial charge in [0, 0.05) is 18.8 Å². The molecule has 0 aliphatic rings. The number of nitriles is 1. The first-order valence-corrected chi connectivity index (χ1v) is 6.26. The largest absolute Gasteiger partial charge is 0.478 e. The Hall–Kier alpha value is -2.55. The Kier molecular flexibility index (Phi) is 5.54. The van der Waals surface area contributed by atoms with Crippen molar-refractivity contribution in [1.29, 1.82) is 5.26 Å². The van der Waals surface area contributed by atoms with Gasteiger partial charge in [-0.05, 0) is 31.5 Å². The summed E-state index contributed by atoms with van der Waals surface area (Å²) in [7, 11) is 0. The third-order valence-corrected chi connectivity index (χ3v) is 2.88. The fraction of sp³-hybridized carbons (Fsp3) is 0.357. The zero-order valence-electron chi connectivity index (χ0n) is 11.5. The minimum absolute atomic E-state index is 0.155. The average Bonchev–Trinajstić information content (AvgIpc) is 2.41. The van der Waals surface area contributed by atoms with Gasteiger partial charge in [-0.1, -0.05) is 6.07 Å². The lowest BCUT2D eigenvalue weighted by Gasteiger charge is -2.20. The Balaban J connectivity index is 2.82. The number of carboxylic acids is 1. The molecule has 1 aromatic carbocycles. The number of hydrogen-bond donors (Lipinski definition) is 2. The third-order valence-electron chi connectivity index (χ3n) is 2.88. The molecule has 0 atom stereocenters. The second-order valence-corrected chi connectivity index (χ2v) is 4.25. The first kappa shape index (κ1) is 15.5. The molecule has 6 heteroatoms. The predicted molar refractivity (Wildman–Crippen MR) is 74.6 cm³/mol. The molecule has 6 nitrogen and oxygen atoms in total. The summed E-state index contributed by atoms with van der Waals surface area (Å²) < 4.78 is 0. The topological polar surface area (TPSA) is 93.4 Å². The van der Waals surface area contributed by atoms with Crippen molar-refractivity contribution in [1.82, 2.24) is 4.90 Å². The van der Waals surface area contributed by atoms with Crippen LogP contribution < -0.4 is 5.32 Å². The van der Waals surface area contributed by atoms with Crippen LogP contribution in [0.3, 0.4) is 0 Å². The molecule has 2 amide bonds. The standard InChI is InChI=1S/C14H17N3O3/c1-3-17(8-4-7-15)14(20)16-11-6-5-10(2)12(9-11)13(18)19/h5-6,9H,3-4,8H2,1-2H3,(H,16,20)(H,18,19). The van der Waals surface area contributed by atoms with E-state index in [2.05, 4.69) is 5.32 Å². The van der Waals surface area contributed by atoms with Gasteiger partial charge in [0.15, 0.2) is 0 Å². The molecular weight excluding hydrogens is 258 g/mol. The van der Waals surface area contributed by atoms with Gasteiger partial charge in [-0.3, -0.25) is 0 Å². The maximum absolute atomic E-state index is 12.0. The summed E-state index contributed by atoms with van der Waals surface area (Å²) >= 11 is 0. The Bertz CT molecular complexity index is 549. The Morgan fingerprint density at radius 1 is 1.45 bits per heavy atom. The van der Waals surface area contributed by atoms with Crippen LogP contribution in [0.4, 0.5) is 10.5 Å². The lowest BCUT2D eigenvalue weighted by molar-refractivity contribution is 0.0696. The Morgan fingerprint density at radius 2 is 2.15 bits per heavy atom. The number of carbonyl (C=O) groups excluding carboxylic acids is 1. The van der Waals surface area contributed by atoms with Crippen molar-refractivity contribution in [3.8, 4) is 6.07 Å². The molecule has 0 spiro atoms. The predicted octanol–water partition coefficient (Wildman–Crippen LogP) is 2.46. The smallest absolute Gasteiger partial charge is 0.336 e. The summed E-state index contributed by atoms with van der Waals surface area (Å²) in [5, 5.41) is 20.2. The maximum atomic E-state index is 12.0. The van der Waals surface area contributed by atoms with Crippen LogP contribution in [0, 0.1) is 18.3 Å². The van der Waals surface area contributed by atoms with Crippen LogP contribution in [0.2, 0.25) is 0 Å². The number of benzene rings is 1. The molecule has 2 N–H and O–H groups in total. The molecular formula is C14H17N3O3. The van der Waals surface area contributed by atoms with E-state index in [1.165, 1.54) is 11.0 Å². The first-order chi connectivity index (χ1) is 9.49. The number of aromatic carboxylic acids is 1. The van der Waals surface area contributed by atoms with Crippen molar-refractivity contribution in [2.75, 3.05) is 18.4 Å². The summed E-state index contributed by atoms with van der Waals surface area (Å²) in [6, 6.07) is 6.36. The molecule has 0 fully saturated rings. The van der Waals surface area contributed by atoms with E-state index < -0.39 is 5.97 Å². The molecule has 0 radical (unpaired) electrons.